The first-order chi connectivity index (χ1) is 9.95. The first-order valence-corrected chi connectivity index (χ1v) is 7.69. The van der Waals surface area contributed by atoms with Gasteiger partial charge in [0.15, 0.2) is 0 Å². The number of fused-ring (bicyclic) bond motifs is 1. The van der Waals surface area contributed by atoms with E-state index in [9.17, 15) is 4.79 Å². The largest absolute Gasteiger partial charge is 0.342 e. The van der Waals surface area contributed by atoms with E-state index in [1.54, 1.807) is 0 Å². The molecule has 0 unspecified atom stereocenters. The summed E-state index contributed by atoms with van der Waals surface area (Å²) in [5.74, 6) is 1.76. The Morgan fingerprint density at radius 2 is 1.90 bits per heavy atom. The van der Waals surface area contributed by atoms with Gasteiger partial charge in [-0.1, -0.05) is 32.9 Å². The molecule has 2 heterocycles. The monoisotopic (exact) mass is 285 g/mol. The van der Waals surface area contributed by atoms with Gasteiger partial charge in [0, 0.05) is 24.4 Å². The van der Waals surface area contributed by atoms with Gasteiger partial charge in [-0.05, 0) is 25.0 Å². The molecule has 1 saturated heterocycles. The van der Waals surface area contributed by atoms with Gasteiger partial charge in [0.05, 0.1) is 11.0 Å². The molecule has 1 N–H and O–H groups in total. The van der Waals surface area contributed by atoms with Crippen molar-refractivity contribution >= 4 is 16.9 Å². The molecule has 1 aliphatic rings. The number of likely N-dealkylation sites (tertiary alicyclic amines) is 1. The van der Waals surface area contributed by atoms with Crippen molar-refractivity contribution in [2.45, 2.75) is 39.5 Å². The van der Waals surface area contributed by atoms with E-state index in [1.807, 2.05) is 43.9 Å². The summed E-state index contributed by atoms with van der Waals surface area (Å²) in [6, 6.07) is 8.13. The van der Waals surface area contributed by atoms with Crippen molar-refractivity contribution in [2.24, 2.45) is 5.41 Å². The average molecular weight is 285 g/mol. The number of imidazole rings is 1. The van der Waals surface area contributed by atoms with Crippen LogP contribution in [0.15, 0.2) is 24.3 Å². The van der Waals surface area contributed by atoms with Crippen molar-refractivity contribution in [3.63, 3.8) is 0 Å². The van der Waals surface area contributed by atoms with Crippen molar-refractivity contribution in [1.29, 1.82) is 0 Å². The summed E-state index contributed by atoms with van der Waals surface area (Å²) in [4.78, 5) is 22.4. The van der Waals surface area contributed by atoms with E-state index < -0.39 is 0 Å². The molecule has 1 aromatic heterocycles. The summed E-state index contributed by atoms with van der Waals surface area (Å²) < 4.78 is 0. The second kappa shape index (κ2) is 5.17. The van der Waals surface area contributed by atoms with Gasteiger partial charge in [0.2, 0.25) is 5.91 Å². The molecule has 0 atom stereocenters. The summed E-state index contributed by atoms with van der Waals surface area (Å²) in [6.07, 6.45) is 1.98. The van der Waals surface area contributed by atoms with Gasteiger partial charge in [-0.15, -0.1) is 0 Å². The van der Waals surface area contributed by atoms with E-state index in [2.05, 4.69) is 11.1 Å². The third-order valence-corrected chi connectivity index (χ3v) is 4.22. The number of carbonyl (C=O) groups excluding carboxylic acids is 1. The second-order valence-electron chi connectivity index (χ2n) is 6.96. The van der Waals surface area contributed by atoms with E-state index in [-0.39, 0.29) is 11.3 Å². The van der Waals surface area contributed by atoms with Crippen LogP contribution in [0.25, 0.3) is 11.0 Å². The van der Waals surface area contributed by atoms with Gasteiger partial charge < -0.3 is 9.88 Å². The molecule has 1 aliphatic heterocycles. The molecular weight excluding hydrogens is 262 g/mol. The first kappa shape index (κ1) is 14.1. The van der Waals surface area contributed by atoms with Crippen LogP contribution < -0.4 is 0 Å². The maximum atomic E-state index is 12.3. The first-order valence-electron chi connectivity index (χ1n) is 7.69. The highest BCUT2D eigenvalue weighted by Crippen LogP contribution is 2.29. The fourth-order valence-corrected chi connectivity index (χ4v) is 3.00. The van der Waals surface area contributed by atoms with E-state index in [0.717, 1.165) is 42.8 Å². The number of H-pyrrole nitrogens is 1. The molecule has 1 fully saturated rings. The summed E-state index contributed by atoms with van der Waals surface area (Å²) in [6.45, 7) is 7.62. The Kier molecular flexibility index (Phi) is 3.47. The number of piperidine rings is 1. The highest BCUT2D eigenvalue weighted by molar-refractivity contribution is 5.81. The Morgan fingerprint density at radius 1 is 1.24 bits per heavy atom. The van der Waals surface area contributed by atoms with Gasteiger partial charge in [-0.25, -0.2) is 4.98 Å². The lowest BCUT2D eigenvalue weighted by atomic mass is 9.91. The highest BCUT2D eigenvalue weighted by atomic mass is 16.2. The number of carbonyl (C=O) groups is 1. The van der Waals surface area contributed by atoms with Crippen molar-refractivity contribution in [3.05, 3.63) is 30.1 Å². The lowest BCUT2D eigenvalue weighted by Crippen LogP contribution is -2.43. The second-order valence-corrected chi connectivity index (χ2v) is 6.96. The zero-order valence-electron chi connectivity index (χ0n) is 13.0. The molecule has 1 aromatic carbocycles. The molecule has 21 heavy (non-hydrogen) atoms. The smallest absolute Gasteiger partial charge is 0.227 e. The Bertz CT molecular complexity index is 612. The minimum Gasteiger partial charge on any atom is -0.342 e. The van der Waals surface area contributed by atoms with Gasteiger partial charge in [-0.3, -0.25) is 4.79 Å². The molecule has 1 amide bonds. The van der Waals surface area contributed by atoms with Crippen LogP contribution in [0.5, 0.6) is 0 Å². The normalized spacial score (nSPS) is 17.4. The molecule has 4 heteroatoms. The number of rotatable bonds is 1. The van der Waals surface area contributed by atoms with Gasteiger partial charge in [0.1, 0.15) is 5.82 Å². The predicted octanol–water partition coefficient (Wildman–Crippen LogP) is 3.32. The Balaban J connectivity index is 1.69. The topological polar surface area (TPSA) is 49.0 Å². The van der Waals surface area contributed by atoms with Crippen molar-refractivity contribution < 1.29 is 4.79 Å². The number of hydrogen-bond acceptors (Lipinski definition) is 2. The molecule has 0 spiro atoms. The standard InChI is InChI=1S/C17H23N3O/c1-17(2,3)16(21)20-10-8-12(9-11-20)15-18-13-6-4-5-7-14(13)19-15/h4-7,12H,8-11H2,1-3H3,(H,18,19). The number of aromatic amines is 1. The Hall–Kier alpha value is -1.84. The van der Waals surface area contributed by atoms with Crippen LogP contribution in [-0.4, -0.2) is 33.9 Å². The molecule has 0 saturated carbocycles. The summed E-state index contributed by atoms with van der Waals surface area (Å²) in [5.41, 5.74) is 1.84. The van der Waals surface area contributed by atoms with Crippen molar-refractivity contribution in [3.8, 4) is 0 Å². The number of benzene rings is 1. The van der Waals surface area contributed by atoms with Gasteiger partial charge in [0.25, 0.3) is 0 Å². The Labute approximate surface area is 125 Å². The number of nitrogens with one attached hydrogen (secondary N) is 1. The van der Waals surface area contributed by atoms with E-state index >= 15 is 0 Å². The van der Waals surface area contributed by atoms with E-state index in [4.69, 9.17) is 4.98 Å². The summed E-state index contributed by atoms with van der Waals surface area (Å²) in [7, 11) is 0. The minimum atomic E-state index is -0.286. The van der Waals surface area contributed by atoms with Crippen LogP contribution in [0.1, 0.15) is 45.4 Å². The molecule has 112 valence electrons. The van der Waals surface area contributed by atoms with Crippen LogP contribution in [0.4, 0.5) is 0 Å². The number of amides is 1. The van der Waals surface area contributed by atoms with Crippen molar-refractivity contribution in [2.75, 3.05) is 13.1 Å². The van der Waals surface area contributed by atoms with Crippen LogP contribution in [0.3, 0.4) is 0 Å². The van der Waals surface area contributed by atoms with E-state index in [0.29, 0.717) is 5.92 Å². The number of hydrogen-bond donors (Lipinski definition) is 1. The summed E-state index contributed by atoms with van der Waals surface area (Å²) in [5, 5.41) is 0. The fraction of sp³-hybridized carbons (Fsp3) is 0.529. The predicted molar refractivity (Wildman–Crippen MR) is 84.1 cm³/mol. The van der Waals surface area contributed by atoms with Crippen LogP contribution in [0.2, 0.25) is 0 Å². The molecule has 3 rings (SSSR count). The zero-order valence-corrected chi connectivity index (χ0v) is 13.0. The molecule has 0 radical (unpaired) electrons. The summed E-state index contributed by atoms with van der Waals surface area (Å²) >= 11 is 0. The van der Waals surface area contributed by atoms with Crippen LogP contribution >= 0.6 is 0 Å². The Morgan fingerprint density at radius 3 is 2.52 bits per heavy atom. The fourth-order valence-electron chi connectivity index (χ4n) is 3.00. The van der Waals surface area contributed by atoms with E-state index in [1.165, 1.54) is 0 Å². The lowest BCUT2D eigenvalue weighted by Gasteiger charge is -2.35. The lowest BCUT2D eigenvalue weighted by molar-refractivity contribution is -0.140. The van der Waals surface area contributed by atoms with Gasteiger partial charge in [-0.2, -0.15) is 0 Å². The van der Waals surface area contributed by atoms with Crippen LogP contribution in [-0.2, 0) is 4.79 Å². The highest BCUT2D eigenvalue weighted by Gasteiger charge is 2.31. The third kappa shape index (κ3) is 2.80. The molecule has 2 aromatic rings. The van der Waals surface area contributed by atoms with Gasteiger partial charge >= 0.3 is 0 Å². The number of para-hydroxylation sites is 2. The third-order valence-electron chi connectivity index (χ3n) is 4.22. The quantitative estimate of drug-likeness (QED) is 0.874. The maximum Gasteiger partial charge on any atom is 0.227 e. The maximum absolute atomic E-state index is 12.3. The minimum absolute atomic E-state index is 0.255. The molecule has 0 aliphatic carbocycles. The SMILES string of the molecule is CC(C)(C)C(=O)N1CCC(c2nc3ccccc3[nH]2)CC1. The molecule has 4 nitrogen and oxygen atoms in total. The van der Waals surface area contributed by atoms with Crippen molar-refractivity contribution in [1.82, 2.24) is 14.9 Å². The number of aromatic nitrogens is 2. The van der Waals surface area contributed by atoms with Crippen LogP contribution in [0, 0.1) is 5.41 Å². The average Bonchev–Trinajstić information content (AvgIpc) is 2.89. The molecule has 0 bridgehead atoms. The zero-order chi connectivity index (χ0) is 15.0. The number of nitrogens with zero attached hydrogens (tertiary/aromatic N) is 2. The molecular formula is C17H23N3O.